The standard InChI is InChI=1S/C23H19N5O7/c1-34-22(30)18-17(12-6-4-3-5-7-12)14(11-24)20(25)27(19(18)23(31)35-2)16-10-13(21(26)29)8-9-15(16)28(32)33/h3-10,17H,25H2,1-2H3,(H2,26,29). The van der Waals surface area contributed by atoms with Crippen LogP contribution < -0.4 is 16.4 Å². The van der Waals surface area contributed by atoms with Gasteiger partial charge in [0.05, 0.1) is 42.3 Å². The summed E-state index contributed by atoms with van der Waals surface area (Å²) in [5.74, 6) is -4.56. The molecule has 2 aromatic carbocycles. The molecule has 0 saturated carbocycles. The van der Waals surface area contributed by atoms with Crippen LogP contribution in [-0.4, -0.2) is 37.0 Å². The molecule has 0 aromatic heterocycles. The van der Waals surface area contributed by atoms with E-state index in [1.807, 2.05) is 6.07 Å². The number of primary amides is 1. The van der Waals surface area contributed by atoms with Gasteiger partial charge >= 0.3 is 11.9 Å². The zero-order valence-corrected chi connectivity index (χ0v) is 18.6. The predicted octanol–water partition coefficient (Wildman–Crippen LogP) is 1.59. The molecular weight excluding hydrogens is 458 g/mol. The topological polar surface area (TPSA) is 192 Å². The Morgan fingerprint density at radius 2 is 1.71 bits per heavy atom. The van der Waals surface area contributed by atoms with Crippen LogP contribution >= 0.6 is 0 Å². The fourth-order valence-corrected chi connectivity index (χ4v) is 3.77. The number of anilines is 1. The number of benzene rings is 2. The van der Waals surface area contributed by atoms with Crippen molar-refractivity contribution in [2.45, 2.75) is 5.92 Å². The summed E-state index contributed by atoms with van der Waals surface area (Å²) in [4.78, 5) is 49.8. The number of allylic oxidation sites excluding steroid dienone is 1. The number of methoxy groups -OCH3 is 2. The van der Waals surface area contributed by atoms with Gasteiger partial charge < -0.3 is 20.9 Å². The van der Waals surface area contributed by atoms with E-state index in [-0.39, 0.29) is 28.2 Å². The Balaban J connectivity index is 2.51. The summed E-state index contributed by atoms with van der Waals surface area (Å²) in [6.07, 6.45) is 0. The van der Waals surface area contributed by atoms with Gasteiger partial charge in [-0.05, 0) is 17.7 Å². The third-order valence-corrected chi connectivity index (χ3v) is 5.31. The number of hydrogen-bond acceptors (Lipinski definition) is 10. The fourth-order valence-electron chi connectivity index (χ4n) is 3.77. The van der Waals surface area contributed by atoms with Crippen molar-refractivity contribution in [2.75, 3.05) is 19.1 Å². The maximum atomic E-state index is 13.0. The first-order chi connectivity index (χ1) is 16.7. The summed E-state index contributed by atoms with van der Waals surface area (Å²) in [7, 11) is 2.11. The zero-order valence-electron chi connectivity index (χ0n) is 18.6. The van der Waals surface area contributed by atoms with E-state index in [1.54, 1.807) is 30.3 Å². The molecular formula is C23H19N5O7. The van der Waals surface area contributed by atoms with Crippen molar-refractivity contribution >= 4 is 29.2 Å². The molecule has 0 bridgehead atoms. The lowest BCUT2D eigenvalue weighted by atomic mass is 9.81. The Hall–Kier alpha value is -5.18. The van der Waals surface area contributed by atoms with Gasteiger partial charge in [-0.25, -0.2) is 9.59 Å². The smallest absolute Gasteiger partial charge is 0.355 e. The van der Waals surface area contributed by atoms with Crippen molar-refractivity contribution in [1.82, 2.24) is 0 Å². The summed E-state index contributed by atoms with van der Waals surface area (Å²) >= 11 is 0. The summed E-state index contributed by atoms with van der Waals surface area (Å²) in [6.45, 7) is 0. The molecule has 0 spiro atoms. The first kappa shape index (κ1) is 24.5. The van der Waals surface area contributed by atoms with Crippen LogP contribution in [0.4, 0.5) is 11.4 Å². The quantitative estimate of drug-likeness (QED) is 0.351. The van der Waals surface area contributed by atoms with Crippen LogP contribution in [-0.2, 0) is 19.1 Å². The summed E-state index contributed by atoms with van der Waals surface area (Å²) in [5.41, 5.74) is 9.93. The van der Waals surface area contributed by atoms with Crippen LogP contribution in [0.1, 0.15) is 21.8 Å². The highest BCUT2D eigenvalue weighted by Gasteiger charge is 2.44. The van der Waals surface area contributed by atoms with E-state index >= 15 is 0 Å². The molecule has 0 aliphatic carbocycles. The molecule has 12 heteroatoms. The highest BCUT2D eigenvalue weighted by atomic mass is 16.6. The molecule has 0 fully saturated rings. The van der Waals surface area contributed by atoms with Gasteiger partial charge in [0.15, 0.2) is 0 Å². The third-order valence-electron chi connectivity index (χ3n) is 5.31. The minimum absolute atomic E-state index is 0.147. The lowest BCUT2D eigenvalue weighted by molar-refractivity contribution is -0.384. The maximum Gasteiger partial charge on any atom is 0.355 e. The van der Waals surface area contributed by atoms with Gasteiger partial charge in [0.1, 0.15) is 17.2 Å². The van der Waals surface area contributed by atoms with Crippen molar-refractivity contribution in [3.05, 3.63) is 92.4 Å². The molecule has 4 N–H and O–H groups in total. The molecule has 2 aromatic rings. The molecule has 1 heterocycles. The number of amides is 1. The van der Waals surface area contributed by atoms with E-state index < -0.39 is 40.1 Å². The number of nitrogens with zero attached hydrogens (tertiary/aromatic N) is 3. The fraction of sp³-hybridized carbons (Fsp3) is 0.130. The minimum Gasteiger partial charge on any atom is -0.466 e. The van der Waals surface area contributed by atoms with Gasteiger partial charge in [-0.2, -0.15) is 5.26 Å². The average Bonchev–Trinajstić information content (AvgIpc) is 2.86. The van der Waals surface area contributed by atoms with Gasteiger partial charge in [0.2, 0.25) is 5.91 Å². The first-order valence-electron chi connectivity index (χ1n) is 9.91. The second kappa shape index (κ2) is 9.75. The molecule has 1 unspecified atom stereocenters. The lowest BCUT2D eigenvalue weighted by Crippen LogP contribution is -2.41. The van der Waals surface area contributed by atoms with Gasteiger partial charge in [-0.3, -0.25) is 19.8 Å². The number of hydrogen-bond donors (Lipinski definition) is 2. The van der Waals surface area contributed by atoms with Crippen molar-refractivity contribution in [3.8, 4) is 6.07 Å². The van der Waals surface area contributed by atoms with Crippen LogP contribution in [0.2, 0.25) is 0 Å². The monoisotopic (exact) mass is 477 g/mol. The third kappa shape index (κ3) is 4.25. The molecule has 0 saturated heterocycles. The molecule has 12 nitrogen and oxygen atoms in total. The van der Waals surface area contributed by atoms with E-state index in [1.165, 1.54) is 0 Å². The van der Waals surface area contributed by atoms with Crippen molar-refractivity contribution in [3.63, 3.8) is 0 Å². The second-order valence-corrected chi connectivity index (χ2v) is 7.16. The zero-order chi connectivity index (χ0) is 25.9. The van der Waals surface area contributed by atoms with Crippen LogP contribution in [0.15, 0.2) is 71.2 Å². The minimum atomic E-state index is -1.16. The van der Waals surface area contributed by atoms with Crippen LogP contribution in [0.3, 0.4) is 0 Å². The lowest BCUT2D eigenvalue weighted by Gasteiger charge is -2.35. The number of ether oxygens (including phenoxy) is 2. The Labute approximate surface area is 198 Å². The molecule has 178 valence electrons. The Kier molecular flexibility index (Phi) is 6.82. The maximum absolute atomic E-state index is 13.0. The van der Waals surface area contributed by atoms with Crippen molar-refractivity contribution < 1.29 is 28.8 Å². The SMILES string of the molecule is COC(=O)C1=C(C(=O)OC)N(c2cc(C(N)=O)ccc2[N+](=O)[O-])C(N)=C(C#N)C1c1ccccc1. The molecule has 0 radical (unpaired) electrons. The Morgan fingerprint density at radius 3 is 2.23 bits per heavy atom. The van der Waals surface area contributed by atoms with E-state index in [0.29, 0.717) is 5.56 Å². The highest BCUT2D eigenvalue weighted by Crippen LogP contribution is 2.45. The van der Waals surface area contributed by atoms with Crippen LogP contribution in [0.25, 0.3) is 0 Å². The van der Waals surface area contributed by atoms with Gasteiger partial charge in [-0.15, -0.1) is 0 Å². The largest absolute Gasteiger partial charge is 0.466 e. The van der Waals surface area contributed by atoms with E-state index in [9.17, 15) is 29.8 Å². The van der Waals surface area contributed by atoms with Gasteiger partial charge in [0.25, 0.3) is 5.69 Å². The molecule has 1 amide bonds. The number of nitrogens with two attached hydrogens (primary N) is 2. The number of nitriles is 1. The summed E-state index contributed by atoms with van der Waals surface area (Å²) < 4.78 is 9.78. The first-order valence-corrected chi connectivity index (χ1v) is 9.91. The molecule has 1 aliphatic rings. The molecule has 1 aliphatic heterocycles. The van der Waals surface area contributed by atoms with Crippen LogP contribution in [0.5, 0.6) is 0 Å². The number of carbonyl (C=O) groups excluding carboxylic acids is 3. The van der Waals surface area contributed by atoms with Crippen molar-refractivity contribution in [1.29, 1.82) is 5.26 Å². The Morgan fingerprint density at radius 1 is 1.09 bits per heavy atom. The van der Waals surface area contributed by atoms with Gasteiger partial charge in [0, 0.05) is 11.6 Å². The normalized spacial score (nSPS) is 15.3. The Bertz CT molecular complexity index is 1340. The second-order valence-electron chi connectivity index (χ2n) is 7.16. The van der Waals surface area contributed by atoms with Crippen LogP contribution in [0, 0.1) is 21.4 Å². The van der Waals surface area contributed by atoms with E-state index in [2.05, 4.69) is 0 Å². The molecule has 3 rings (SSSR count). The van der Waals surface area contributed by atoms with Crippen molar-refractivity contribution in [2.24, 2.45) is 11.5 Å². The van der Waals surface area contributed by atoms with Gasteiger partial charge in [-0.1, -0.05) is 30.3 Å². The van der Waals surface area contributed by atoms with E-state index in [4.69, 9.17) is 20.9 Å². The summed E-state index contributed by atoms with van der Waals surface area (Å²) in [6, 6.07) is 13.3. The van der Waals surface area contributed by atoms with E-state index in [0.717, 1.165) is 37.3 Å². The summed E-state index contributed by atoms with van der Waals surface area (Å²) in [5, 5.41) is 21.8. The number of rotatable bonds is 6. The molecule has 1 atom stereocenters. The average molecular weight is 477 g/mol. The molecule has 35 heavy (non-hydrogen) atoms. The number of esters is 2. The number of carbonyl (C=O) groups is 3. The number of nitro benzene ring substituents is 1. The number of nitro groups is 1. The highest BCUT2D eigenvalue weighted by molar-refractivity contribution is 6.07. The predicted molar refractivity (Wildman–Crippen MR) is 121 cm³/mol.